The molecule has 0 aliphatic carbocycles. The highest BCUT2D eigenvalue weighted by Gasteiger charge is 2.23. The number of benzene rings is 1. The fourth-order valence-electron chi connectivity index (χ4n) is 3.18. The number of halogens is 1. The summed E-state index contributed by atoms with van der Waals surface area (Å²) in [5, 5.41) is 0. The molecule has 7 heteroatoms. The summed E-state index contributed by atoms with van der Waals surface area (Å²) in [6.07, 6.45) is 5.71. The van der Waals surface area contributed by atoms with E-state index in [9.17, 15) is 4.39 Å². The van der Waals surface area contributed by atoms with Crippen molar-refractivity contribution in [2.75, 3.05) is 17.2 Å². The van der Waals surface area contributed by atoms with Crippen LogP contribution in [0.25, 0.3) is 22.6 Å². The molecule has 0 spiro atoms. The number of hydrogen-bond acceptors (Lipinski definition) is 5. The van der Waals surface area contributed by atoms with Crippen molar-refractivity contribution < 1.29 is 4.39 Å². The Balaban J connectivity index is 1.86. The molecule has 0 atom stereocenters. The van der Waals surface area contributed by atoms with Crippen molar-refractivity contribution in [2.45, 2.75) is 18.9 Å². The van der Waals surface area contributed by atoms with Gasteiger partial charge in [0.2, 0.25) is 5.95 Å². The highest BCUT2D eigenvalue weighted by molar-refractivity contribution is 7.99. The van der Waals surface area contributed by atoms with Crippen molar-refractivity contribution in [3.05, 3.63) is 48.7 Å². The molecule has 1 aliphatic heterocycles. The third-order valence-corrected chi connectivity index (χ3v) is 5.46. The van der Waals surface area contributed by atoms with Crippen LogP contribution in [-0.2, 0) is 0 Å². The zero-order valence-electron chi connectivity index (χ0n) is 13.6. The van der Waals surface area contributed by atoms with Crippen LogP contribution in [0.1, 0.15) is 18.9 Å². The molecule has 4 rings (SSSR count). The van der Waals surface area contributed by atoms with E-state index >= 15 is 0 Å². The third-order valence-electron chi connectivity index (χ3n) is 4.41. The summed E-state index contributed by atoms with van der Waals surface area (Å²) < 4.78 is 15.5. The lowest BCUT2D eigenvalue weighted by molar-refractivity contribution is 0.473. The van der Waals surface area contributed by atoms with E-state index < -0.39 is 0 Å². The fraction of sp³-hybridized carbons (Fsp3) is 0.278. The van der Waals surface area contributed by atoms with Gasteiger partial charge in [0.1, 0.15) is 5.82 Å². The monoisotopic (exact) mass is 355 g/mol. The number of hydrogen-bond donors (Lipinski definition) is 1. The van der Waals surface area contributed by atoms with E-state index in [0.717, 1.165) is 47.0 Å². The van der Waals surface area contributed by atoms with E-state index in [-0.39, 0.29) is 11.8 Å². The average Bonchev–Trinajstić information content (AvgIpc) is 3.08. The lowest BCUT2D eigenvalue weighted by atomic mass is 10.1. The van der Waals surface area contributed by atoms with Crippen molar-refractivity contribution >= 4 is 17.7 Å². The lowest BCUT2D eigenvalue weighted by Gasteiger charge is -2.24. The summed E-state index contributed by atoms with van der Waals surface area (Å²) in [5.74, 6) is 2.25. The van der Waals surface area contributed by atoms with Crippen LogP contribution in [0.5, 0.6) is 0 Å². The molecule has 3 aromatic rings. The molecule has 1 aliphatic rings. The smallest absolute Gasteiger partial charge is 0.220 e. The number of anilines is 1. The van der Waals surface area contributed by atoms with Gasteiger partial charge < -0.3 is 10.3 Å². The van der Waals surface area contributed by atoms with Crippen LogP contribution in [0.3, 0.4) is 0 Å². The van der Waals surface area contributed by atoms with Gasteiger partial charge in [0, 0.05) is 17.8 Å². The molecule has 0 radical (unpaired) electrons. The maximum atomic E-state index is 13.3. The van der Waals surface area contributed by atoms with Gasteiger partial charge in [0.05, 0.1) is 23.4 Å². The van der Waals surface area contributed by atoms with Gasteiger partial charge in [-0.2, -0.15) is 11.8 Å². The maximum absolute atomic E-state index is 13.3. The van der Waals surface area contributed by atoms with Crippen LogP contribution in [0.15, 0.2) is 42.9 Å². The third kappa shape index (κ3) is 3.24. The first-order valence-electron chi connectivity index (χ1n) is 8.22. The van der Waals surface area contributed by atoms with Crippen LogP contribution >= 0.6 is 11.8 Å². The Labute approximate surface area is 149 Å². The summed E-state index contributed by atoms with van der Waals surface area (Å²) >= 11 is 1.98. The molecule has 0 saturated carbocycles. The standard InChI is InChI=1S/C18H18FN5S/c19-13-3-1-12(2-4-13)16-17(15-5-8-21-18(20)23-15)24(11-22-16)14-6-9-25-10-7-14/h1-5,8,11,14H,6-7,9-10H2,(H2,20,21,23). The zero-order chi connectivity index (χ0) is 17.2. The Morgan fingerprint density at radius 3 is 2.56 bits per heavy atom. The zero-order valence-corrected chi connectivity index (χ0v) is 14.4. The molecule has 2 N–H and O–H groups in total. The minimum Gasteiger partial charge on any atom is -0.368 e. The lowest BCUT2D eigenvalue weighted by Crippen LogP contribution is -2.16. The SMILES string of the molecule is Nc1nccc(-c2c(-c3ccc(F)cc3)ncn2C2CCSCC2)n1. The summed E-state index contributed by atoms with van der Waals surface area (Å²) in [6, 6.07) is 8.61. The van der Waals surface area contributed by atoms with Gasteiger partial charge in [0.25, 0.3) is 0 Å². The highest BCUT2D eigenvalue weighted by atomic mass is 32.2. The second-order valence-electron chi connectivity index (χ2n) is 6.00. The summed E-state index contributed by atoms with van der Waals surface area (Å²) in [4.78, 5) is 13.0. The Hall–Kier alpha value is -2.41. The normalized spacial score (nSPS) is 15.4. The van der Waals surface area contributed by atoms with Gasteiger partial charge >= 0.3 is 0 Å². The van der Waals surface area contributed by atoms with Gasteiger partial charge in [-0.3, -0.25) is 0 Å². The molecule has 1 saturated heterocycles. The molecule has 0 amide bonds. The first kappa shape index (κ1) is 16.1. The largest absolute Gasteiger partial charge is 0.368 e. The minimum absolute atomic E-state index is 0.231. The van der Waals surface area contributed by atoms with Crippen molar-refractivity contribution in [1.82, 2.24) is 19.5 Å². The quantitative estimate of drug-likeness (QED) is 0.774. The van der Waals surface area contributed by atoms with Gasteiger partial charge in [-0.15, -0.1) is 0 Å². The second-order valence-corrected chi connectivity index (χ2v) is 7.22. The molecule has 5 nitrogen and oxygen atoms in total. The maximum Gasteiger partial charge on any atom is 0.220 e. The molecule has 3 heterocycles. The number of nitrogen functional groups attached to an aromatic ring is 1. The van der Waals surface area contributed by atoms with Gasteiger partial charge in [-0.05, 0) is 54.7 Å². The summed E-state index contributed by atoms with van der Waals surface area (Å²) in [7, 11) is 0. The van der Waals surface area contributed by atoms with Crippen LogP contribution in [0, 0.1) is 5.82 Å². The molecule has 25 heavy (non-hydrogen) atoms. The Kier molecular flexibility index (Phi) is 4.40. The summed E-state index contributed by atoms with van der Waals surface area (Å²) in [5.41, 5.74) is 9.10. The van der Waals surface area contributed by atoms with Crippen molar-refractivity contribution in [3.8, 4) is 22.6 Å². The predicted molar refractivity (Wildman–Crippen MR) is 98.7 cm³/mol. The van der Waals surface area contributed by atoms with E-state index in [1.807, 2.05) is 24.2 Å². The number of thioether (sulfide) groups is 1. The van der Waals surface area contributed by atoms with Crippen molar-refractivity contribution in [1.29, 1.82) is 0 Å². The molecule has 2 aromatic heterocycles. The molecule has 1 aromatic carbocycles. The first-order valence-corrected chi connectivity index (χ1v) is 9.37. The molecule has 1 fully saturated rings. The fourth-order valence-corrected chi connectivity index (χ4v) is 4.26. The van der Waals surface area contributed by atoms with Gasteiger partial charge in [-0.1, -0.05) is 0 Å². The number of aromatic nitrogens is 4. The number of nitrogens with two attached hydrogens (primary N) is 1. The van der Waals surface area contributed by atoms with Crippen LogP contribution in [0.4, 0.5) is 10.3 Å². The van der Waals surface area contributed by atoms with Gasteiger partial charge in [-0.25, -0.2) is 19.3 Å². The van der Waals surface area contributed by atoms with Gasteiger partial charge in [0.15, 0.2) is 0 Å². The molecular weight excluding hydrogens is 337 g/mol. The van der Waals surface area contributed by atoms with Crippen molar-refractivity contribution in [2.24, 2.45) is 0 Å². The van der Waals surface area contributed by atoms with E-state index in [2.05, 4.69) is 19.5 Å². The molecule has 0 bridgehead atoms. The van der Waals surface area contributed by atoms with Crippen LogP contribution in [-0.4, -0.2) is 31.0 Å². The van der Waals surface area contributed by atoms with E-state index in [1.165, 1.54) is 12.1 Å². The first-order chi connectivity index (χ1) is 12.2. The van der Waals surface area contributed by atoms with E-state index in [4.69, 9.17) is 5.73 Å². The molecular formula is C18H18FN5S. The van der Waals surface area contributed by atoms with Crippen molar-refractivity contribution in [3.63, 3.8) is 0 Å². The number of rotatable bonds is 3. The highest BCUT2D eigenvalue weighted by Crippen LogP contribution is 2.36. The average molecular weight is 355 g/mol. The van der Waals surface area contributed by atoms with Crippen LogP contribution in [0.2, 0.25) is 0 Å². The Bertz CT molecular complexity index is 871. The topological polar surface area (TPSA) is 69.6 Å². The molecule has 128 valence electrons. The van der Waals surface area contributed by atoms with E-state index in [1.54, 1.807) is 18.3 Å². The number of nitrogens with zero attached hydrogens (tertiary/aromatic N) is 4. The summed E-state index contributed by atoms with van der Waals surface area (Å²) in [6.45, 7) is 0. The second kappa shape index (κ2) is 6.84. The Morgan fingerprint density at radius 2 is 1.84 bits per heavy atom. The minimum atomic E-state index is -0.264. The Morgan fingerprint density at radius 1 is 1.08 bits per heavy atom. The number of imidazole rings is 1. The van der Waals surface area contributed by atoms with Crippen LogP contribution < -0.4 is 5.73 Å². The van der Waals surface area contributed by atoms with E-state index in [0.29, 0.717) is 6.04 Å². The predicted octanol–water partition coefficient (Wildman–Crippen LogP) is 3.80. The molecule has 0 unspecified atom stereocenters.